The summed E-state index contributed by atoms with van der Waals surface area (Å²) in [6, 6.07) is 10.5. The van der Waals surface area contributed by atoms with Gasteiger partial charge in [-0.15, -0.1) is 5.10 Å². The highest BCUT2D eigenvalue weighted by Crippen LogP contribution is 2.32. The smallest absolute Gasteiger partial charge is 0.128 e. The third-order valence-corrected chi connectivity index (χ3v) is 3.86. The minimum absolute atomic E-state index is 0.488. The number of ether oxygens (including phenoxy) is 1. The van der Waals surface area contributed by atoms with Crippen LogP contribution in [0.1, 0.15) is 0 Å². The average Bonchev–Trinajstić information content (AvgIpc) is 2.96. The van der Waals surface area contributed by atoms with Crippen molar-refractivity contribution >= 4 is 34.8 Å². The molecule has 7 heteroatoms. The van der Waals surface area contributed by atoms with Crippen LogP contribution in [0.15, 0.2) is 42.6 Å². The first-order valence-corrected chi connectivity index (χ1v) is 7.43. The molecule has 0 N–H and O–H groups in total. The fraction of sp³-hybridized carbons (Fsp3) is 0.0667. The molecule has 0 aliphatic heterocycles. The van der Waals surface area contributed by atoms with E-state index >= 15 is 0 Å². The Balaban J connectivity index is 2.06. The highest BCUT2D eigenvalue weighted by atomic mass is 35.5. The zero-order chi connectivity index (χ0) is 15.7. The summed E-state index contributed by atoms with van der Waals surface area (Å²) in [7, 11) is 1.59. The van der Waals surface area contributed by atoms with Gasteiger partial charge in [0, 0.05) is 15.6 Å². The third kappa shape index (κ3) is 2.90. The molecule has 0 saturated carbocycles. The molecule has 2 aromatic carbocycles. The molecule has 0 bridgehead atoms. The molecule has 3 aromatic rings. The van der Waals surface area contributed by atoms with Crippen molar-refractivity contribution in [3.63, 3.8) is 0 Å². The largest absolute Gasteiger partial charge is 0.496 e. The molecule has 0 amide bonds. The Bertz CT molecular complexity index is 833. The van der Waals surface area contributed by atoms with E-state index in [0.29, 0.717) is 32.2 Å². The van der Waals surface area contributed by atoms with E-state index < -0.39 is 0 Å². The molecule has 0 aliphatic rings. The van der Waals surface area contributed by atoms with Crippen LogP contribution in [0.4, 0.5) is 0 Å². The maximum Gasteiger partial charge on any atom is 0.128 e. The van der Waals surface area contributed by atoms with Crippen molar-refractivity contribution in [3.05, 3.63) is 57.7 Å². The molecule has 0 radical (unpaired) electrons. The fourth-order valence-electron chi connectivity index (χ4n) is 2.05. The van der Waals surface area contributed by atoms with Gasteiger partial charge in [0.25, 0.3) is 0 Å². The van der Waals surface area contributed by atoms with E-state index in [9.17, 15) is 0 Å². The molecule has 0 fully saturated rings. The molecular weight excluding hydrogens is 345 g/mol. The zero-order valence-electron chi connectivity index (χ0n) is 11.4. The van der Waals surface area contributed by atoms with Crippen molar-refractivity contribution in [2.75, 3.05) is 7.11 Å². The molecule has 22 heavy (non-hydrogen) atoms. The summed E-state index contributed by atoms with van der Waals surface area (Å²) in [5.74, 6) is 0.665. The van der Waals surface area contributed by atoms with Crippen molar-refractivity contribution in [2.45, 2.75) is 0 Å². The van der Waals surface area contributed by atoms with E-state index in [4.69, 9.17) is 39.5 Å². The Labute approximate surface area is 142 Å². The molecule has 3 rings (SSSR count). The number of rotatable bonds is 3. The summed E-state index contributed by atoms with van der Waals surface area (Å²) in [5.41, 5.74) is 2.07. The molecule has 4 nitrogen and oxygen atoms in total. The number of nitrogens with zero attached hydrogens (tertiary/aromatic N) is 3. The van der Waals surface area contributed by atoms with E-state index in [0.717, 1.165) is 5.56 Å². The lowest BCUT2D eigenvalue weighted by Crippen LogP contribution is -1.95. The second kappa shape index (κ2) is 6.16. The summed E-state index contributed by atoms with van der Waals surface area (Å²) in [4.78, 5) is 0. The van der Waals surface area contributed by atoms with Crippen LogP contribution in [0, 0.1) is 0 Å². The molecule has 0 aliphatic carbocycles. The first-order valence-electron chi connectivity index (χ1n) is 6.30. The summed E-state index contributed by atoms with van der Waals surface area (Å²) in [5, 5.41) is 9.90. The fourth-order valence-corrected chi connectivity index (χ4v) is 2.72. The maximum absolute atomic E-state index is 6.18. The molecule has 1 heterocycles. The normalized spacial score (nSPS) is 10.7. The standard InChI is InChI=1S/C15H10Cl3N3O/c1-22-15-5-3-9(16)6-11(15)13-8-21(20-19-13)14-4-2-10(17)7-12(14)18/h2-8H,1H3. The van der Waals surface area contributed by atoms with Crippen molar-refractivity contribution in [1.82, 2.24) is 15.0 Å². The second-order valence-electron chi connectivity index (χ2n) is 4.49. The molecule has 112 valence electrons. The molecule has 0 atom stereocenters. The third-order valence-electron chi connectivity index (χ3n) is 3.09. The highest BCUT2D eigenvalue weighted by molar-refractivity contribution is 6.35. The van der Waals surface area contributed by atoms with Gasteiger partial charge in [0.15, 0.2) is 0 Å². The van der Waals surface area contributed by atoms with Gasteiger partial charge in [-0.1, -0.05) is 40.0 Å². The summed E-state index contributed by atoms with van der Waals surface area (Å²) in [6.45, 7) is 0. The number of hydrogen-bond acceptors (Lipinski definition) is 3. The van der Waals surface area contributed by atoms with Crippen LogP contribution in [0.5, 0.6) is 5.75 Å². The maximum atomic E-state index is 6.18. The van der Waals surface area contributed by atoms with Crippen molar-refractivity contribution in [3.8, 4) is 22.7 Å². The second-order valence-corrected chi connectivity index (χ2v) is 5.77. The summed E-state index contributed by atoms with van der Waals surface area (Å²) < 4.78 is 6.91. The van der Waals surface area contributed by atoms with Crippen molar-refractivity contribution in [1.29, 1.82) is 0 Å². The van der Waals surface area contributed by atoms with Gasteiger partial charge in [-0.05, 0) is 36.4 Å². The van der Waals surface area contributed by atoms with E-state index in [1.165, 1.54) is 0 Å². The van der Waals surface area contributed by atoms with Crippen LogP contribution in [0.3, 0.4) is 0 Å². The van der Waals surface area contributed by atoms with Gasteiger partial charge < -0.3 is 4.74 Å². The Kier molecular flexibility index (Phi) is 4.25. The van der Waals surface area contributed by atoms with Crippen LogP contribution in [-0.4, -0.2) is 22.1 Å². The van der Waals surface area contributed by atoms with Crippen molar-refractivity contribution in [2.24, 2.45) is 0 Å². The Morgan fingerprint density at radius 2 is 1.73 bits per heavy atom. The van der Waals surface area contributed by atoms with Gasteiger partial charge in [-0.2, -0.15) is 0 Å². The predicted octanol–water partition coefficient (Wildman–Crippen LogP) is 4.90. The molecule has 1 aromatic heterocycles. The Morgan fingerprint density at radius 3 is 2.45 bits per heavy atom. The summed E-state index contributed by atoms with van der Waals surface area (Å²) >= 11 is 18.1. The minimum atomic E-state index is 0.488. The first-order chi connectivity index (χ1) is 10.6. The van der Waals surface area contributed by atoms with Crippen molar-refractivity contribution < 1.29 is 4.74 Å². The highest BCUT2D eigenvalue weighted by Gasteiger charge is 2.13. The van der Waals surface area contributed by atoms with E-state index in [-0.39, 0.29) is 0 Å². The van der Waals surface area contributed by atoms with E-state index in [1.807, 2.05) is 0 Å². The molecular formula is C15H10Cl3N3O. The Hall–Kier alpha value is -1.75. The lowest BCUT2D eigenvalue weighted by Gasteiger charge is -2.06. The van der Waals surface area contributed by atoms with Gasteiger partial charge >= 0.3 is 0 Å². The Morgan fingerprint density at radius 1 is 1.00 bits per heavy atom. The number of benzene rings is 2. The molecule has 0 spiro atoms. The molecule has 0 unspecified atom stereocenters. The van der Waals surface area contributed by atoms with Gasteiger partial charge in [-0.3, -0.25) is 0 Å². The van der Waals surface area contributed by atoms with E-state index in [2.05, 4.69) is 10.3 Å². The van der Waals surface area contributed by atoms with Crippen LogP contribution >= 0.6 is 34.8 Å². The van der Waals surface area contributed by atoms with Crippen LogP contribution < -0.4 is 4.74 Å². The van der Waals surface area contributed by atoms with Gasteiger partial charge in [0.1, 0.15) is 11.4 Å². The predicted molar refractivity (Wildman–Crippen MR) is 88.4 cm³/mol. The van der Waals surface area contributed by atoms with Gasteiger partial charge in [0.05, 0.1) is 24.0 Å². The topological polar surface area (TPSA) is 39.9 Å². The van der Waals surface area contributed by atoms with Crippen LogP contribution in [-0.2, 0) is 0 Å². The molecule has 0 saturated heterocycles. The SMILES string of the molecule is COc1ccc(Cl)cc1-c1cn(-c2ccc(Cl)cc2Cl)nn1. The number of aromatic nitrogens is 3. The van der Waals surface area contributed by atoms with Gasteiger partial charge in [0.2, 0.25) is 0 Å². The quantitative estimate of drug-likeness (QED) is 0.671. The number of methoxy groups -OCH3 is 1. The van der Waals surface area contributed by atoms with Crippen LogP contribution in [0.2, 0.25) is 15.1 Å². The van der Waals surface area contributed by atoms with Crippen LogP contribution in [0.25, 0.3) is 16.9 Å². The zero-order valence-corrected chi connectivity index (χ0v) is 13.7. The lowest BCUT2D eigenvalue weighted by atomic mass is 10.1. The monoisotopic (exact) mass is 353 g/mol. The summed E-state index contributed by atoms with van der Waals surface area (Å²) in [6.07, 6.45) is 1.75. The van der Waals surface area contributed by atoms with E-state index in [1.54, 1.807) is 54.4 Å². The number of hydrogen-bond donors (Lipinski definition) is 0. The van der Waals surface area contributed by atoms with Gasteiger partial charge in [-0.25, -0.2) is 4.68 Å². The minimum Gasteiger partial charge on any atom is -0.496 e. The number of halogens is 3. The lowest BCUT2D eigenvalue weighted by molar-refractivity contribution is 0.416. The average molecular weight is 355 g/mol. The first kappa shape index (κ1) is 15.2.